The standard InChI is InChI=1S/C19H22BrClN4O2/c1-2-3-4-10-24-16-15(22-18(21)23-16)17(26)25(19(24)27)11-6-8-13-7-5-9-14(20)12-13/h5,7,9,12H,2-4,6,8,10-11H2,1H3,(H,22,23). The molecule has 0 saturated heterocycles. The quantitative estimate of drug-likeness (QED) is 0.412. The molecule has 3 aromatic rings. The normalized spacial score (nSPS) is 11.4. The van der Waals surface area contributed by atoms with E-state index < -0.39 is 0 Å². The van der Waals surface area contributed by atoms with Crippen LogP contribution in [0.2, 0.25) is 5.28 Å². The Morgan fingerprint density at radius 1 is 1.15 bits per heavy atom. The van der Waals surface area contributed by atoms with Gasteiger partial charge in [-0.1, -0.05) is 47.8 Å². The van der Waals surface area contributed by atoms with E-state index in [-0.39, 0.29) is 16.5 Å². The zero-order valence-electron chi connectivity index (χ0n) is 15.2. The van der Waals surface area contributed by atoms with E-state index in [4.69, 9.17) is 11.6 Å². The van der Waals surface area contributed by atoms with Gasteiger partial charge in [0.05, 0.1) is 0 Å². The number of H-pyrrole nitrogens is 1. The van der Waals surface area contributed by atoms with Crippen LogP contribution < -0.4 is 11.2 Å². The monoisotopic (exact) mass is 452 g/mol. The Bertz CT molecular complexity index is 1050. The first-order chi connectivity index (χ1) is 13.0. The van der Waals surface area contributed by atoms with Crippen molar-refractivity contribution in [3.8, 4) is 0 Å². The summed E-state index contributed by atoms with van der Waals surface area (Å²) < 4.78 is 3.87. The van der Waals surface area contributed by atoms with Crippen molar-refractivity contribution < 1.29 is 0 Å². The number of unbranched alkanes of at least 4 members (excludes halogenated alkanes) is 2. The Hall–Kier alpha value is -1.86. The highest BCUT2D eigenvalue weighted by molar-refractivity contribution is 9.10. The first kappa shape index (κ1) is 19.9. The molecule has 0 fully saturated rings. The van der Waals surface area contributed by atoms with Crippen LogP contribution in [-0.2, 0) is 19.5 Å². The molecule has 0 saturated carbocycles. The fourth-order valence-electron chi connectivity index (χ4n) is 3.19. The van der Waals surface area contributed by atoms with E-state index in [1.54, 1.807) is 4.57 Å². The minimum absolute atomic E-state index is 0.123. The van der Waals surface area contributed by atoms with Gasteiger partial charge in [0, 0.05) is 17.6 Å². The van der Waals surface area contributed by atoms with Crippen molar-refractivity contribution in [2.24, 2.45) is 0 Å². The number of halogens is 2. The van der Waals surface area contributed by atoms with Crippen LogP contribution in [0.5, 0.6) is 0 Å². The number of nitrogens with zero attached hydrogens (tertiary/aromatic N) is 3. The van der Waals surface area contributed by atoms with Crippen LogP contribution in [0.25, 0.3) is 11.2 Å². The summed E-state index contributed by atoms with van der Waals surface area (Å²) in [4.78, 5) is 32.6. The molecule has 0 aliphatic carbocycles. The van der Waals surface area contributed by atoms with E-state index in [0.717, 1.165) is 35.7 Å². The predicted octanol–water partition coefficient (Wildman–Crippen LogP) is 4.13. The van der Waals surface area contributed by atoms with Crippen molar-refractivity contribution in [3.05, 3.63) is 60.4 Å². The number of fused-ring (bicyclic) bond motifs is 1. The largest absolute Gasteiger partial charge is 0.332 e. The van der Waals surface area contributed by atoms with Crippen molar-refractivity contribution in [2.45, 2.75) is 52.1 Å². The number of hydrogen-bond donors (Lipinski definition) is 1. The van der Waals surface area contributed by atoms with E-state index in [2.05, 4.69) is 32.8 Å². The fourth-order valence-corrected chi connectivity index (χ4v) is 3.81. The lowest BCUT2D eigenvalue weighted by Crippen LogP contribution is -2.40. The van der Waals surface area contributed by atoms with Crippen molar-refractivity contribution in [2.75, 3.05) is 0 Å². The van der Waals surface area contributed by atoms with Crippen LogP contribution in [-0.4, -0.2) is 19.1 Å². The van der Waals surface area contributed by atoms with Gasteiger partial charge >= 0.3 is 5.69 Å². The zero-order valence-corrected chi connectivity index (χ0v) is 17.5. The highest BCUT2D eigenvalue weighted by atomic mass is 79.9. The van der Waals surface area contributed by atoms with E-state index in [1.807, 2.05) is 24.3 Å². The van der Waals surface area contributed by atoms with Gasteiger partial charge in [0.15, 0.2) is 11.2 Å². The summed E-state index contributed by atoms with van der Waals surface area (Å²) in [5.41, 5.74) is 1.11. The lowest BCUT2D eigenvalue weighted by molar-refractivity contribution is 0.526. The topological polar surface area (TPSA) is 72.7 Å². The summed E-state index contributed by atoms with van der Waals surface area (Å²) in [6.07, 6.45) is 4.38. The van der Waals surface area contributed by atoms with E-state index in [9.17, 15) is 9.59 Å². The molecule has 1 aromatic carbocycles. The Morgan fingerprint density at radius 2 is 1.93 bits per heavy atom. The Kier molecular flexibility index (Phi) is 6.55. The third kappa shape index (κ3) is 4.52. The van der Waals surface area contributed by atoms with Gasteiger partial charge in [-0.2, -0.15) is 4.98 Å². The third-order valence-corrected chi connectivity index (χ3v) is 5.23. The molecule has 0 amide bonds. The number of aryl methyl sites for hydroxylation is 2. The Labute approximate surface area is 170 Å². The highest BCUT2D eigenvalue weighted by Gasteiger charge is 2.16. The van der Waals surface area contributed by atoms with Gasteiger partial charge in [0.1, 0.15) is 0 Å². The molecule has 2 heterocycles. The molecule has 3 rings (SSSR count). The summed E-state index contributed by atoms with van der Waals surface area (Å²) in [5.74, 6) is 0. The van der Waals surface area contributed by atoms with Gasteiger partial charge < -0.3 is 4.98 Å². The van der Waals surface area contributed by atoms with Crippen molar-refractivity contribution in [1.82, 2.24) is 19.1 Å². The summed E-state index contributed by atoms with van der Waals surface area (Å²) >= 11 is 9.42. The molecule has 144 valence electrons. The molecule has 0 bridgehead atoms. The molecule has 6 nitrogen and oxygen atoms in total. The second-order valence-corrected chi connectivity index (χ2v) is 7.83. The number of rotatable bonds is 8. The summed E-state index contributed by atoms with van der Waals surface area (Å²) in [7, 11) is 0. The molecule has 0 unspecified atom stereocenters. The van der Waals surface area contributed by atoms with Gasteiger partial charge in [-0.15, -0.1) is 0 Å². The molecular weight excluding hydrogens is 432 g/mol. The van der Waals surface area contributed by atoms with Crippen molar-refractivity contribution in [3.63, 3.8) is 0 Å². The molecule has 1 N–H and O–H groups in total. The predicted molar refractivity (Wildman–Crippen MR) is 112 cm³/mol. The van der Waals surface area contributed by atoms with E-state index in [0.29, 0.717) is 30.7 Å². The number of hydrogen-bond acceptors (Lipinski definition) is 3. The van der Waals surface area contributed by atoms with E-state index >= 15 is 0 Å². The van der Waals surface area contributed by atoms with Gasteiger partial charge in [-0.05, 0) is 48.6 Å². The number of imidazole rings is 1. The van der Waals surface area contributed by atoms with Crippen LogP contribution >= 0.6 is 27.5 Å². The third-order valence-electron chi connectivity index (χ3n) is 4.55. The first-order valence-corrected chi connectivity index (χ1v) is 10.3. The number of benzene rings is 1. The maximum absolute atomic E-state index is 12.9. The lowest BCUT2D eigenvalue weighted by Gasteiger charge is -2.11. The average molecular weight is 454 g/mol. The lowest BCUT2D eigenvalue weighted by atomic mass is 10.1. The van der Waals surface area contributed by atoms with Crippen molar-refractivity contribution in [1.29, 1.82) is 0 Å². The second kappa shape index (κ2) is 8.89. The first-order valence-electron chi connectivity index (χ1n) is 9.14. The van der Waals surface area contributed by atoms with Crippen molar-refractivity contribution >= 4 is 38.7 Å². The molecule has 0 atom stereocenters. The number of aromatic amines is 1. The molecule has 0 spiro atoms. The summed E-state index contributed by atoms with van der Waals surface area (Å²) in [6, 6.07) is 8.03. The maximum Gasteiger partial charge on any atom is 0.332 e. The van der Waals surface area contributed by atoms with E-state index in [1.165, 1.54) is 4.57 Å². The van der Waals surface area contributed by atoms with Crippen LogP contribution in [0.4, 0.5) is 0 Å². The SMILES string of the molecule is CCCCCn1c(=O)n(CCCc2cccc(Br)c2)c(=O)c2[nH]c(Cl)nc21. The molecule has 0 radical (unpaired) electrons. The Balaban J connectivity index is 1.89. The smallest absolute Gasteiger partial charge is 0.323 e. The van der Waals surface area contributed by atoms with Gasteiger partial charge in [0.25, 0.3) is 5.56 Å². The maximum atomic E-state index is 12.9. The highest BCUT2D eigenvalue weighted by Crippen LogP contribution is 2.14. The van der Waals surface area contributed by atoms with Gasteiger partial charge in [-0.25, -0.2) is 4.79 Å². The van der Waals surface area contributed by atoms with Crippen LogP contribution in [0.3, 0.4) is 0 Å². The molecular formula is C19H22BrClN4O2. The minimum Gasteiger partial charge on any atom is -0.323 e. The number of aromatic nitrogens is 4. The van der Waals surface area contributed by atoms with Crippen LogP contribution in [0, 0.1) is 0 Å². The molecule has 0 aliphatic rings. The average Bonchev–Trinajstić information content (AvgIpc) is 3.02. The van der Waals surface area contributed by atoms with Crippen LogP contribution in [0.1, 0.15) is 38.2 Å². The fraction of sp³-hybridized carbons (Fsp3) is 0.421. The minimum atomic E-state index is -0.365. The summed E-state index contributed by atoms with van der Waals surface area (Å²) in [5, 5.41) is 0.123. The van der Waals surface area contributed by atoms with Gasteiger partial charge in [-0.3, -0.25) is 13.9 Å². The Morgan fingerprint density at radius 3 is 2.67 bits per heavy atom. The second-order valence-electron chi connectivity index (χ2n) is 6.56. The zero-order chi connectivity index (χ0) is 19.4. The van der Waals surface area contributed by atoms with Gasteiger partial charge in [0.2, 0.25) is 5.28 Å². The molecule has 0 aliphatic heterocycles. The summed E-state index contributed by atoms with van der Waals surface area (Å²) in [6.45, 7) is 2.98. The molecule has 27 heavy (non-hydrogen) atoms. The number of nitrogens with one attached hydrogen (secondary N) is 1. The molecule has 2 aromatic heterocycles. The molecule has 8 heteroatoms. The van der Waals surface area contributed by atoms with Crippen LogP contribution in [0.15, 0.2) is 38.3 Å².